The quantitative estimate of drug-likeness (QED) is 0.343. The minimum absolute atomic E-state index is 0.595. The number of likely N-dealkylation sites (N-methyl/N-ethyl adjacent to an activating group) is 1. The van der Waals surface area contributed by atoms with Crippen molar-refractivity contribution < 1.29 is 9.47 Å². The lowest BCUT2D eigenvalue weighted by molar-refractivity contribution is 0.150. The topological polar surface area (TPSA) is 71.0 Å². The Morgan fingerprint density at radius 1 is 1.19 bits per heavy atom. The fourth-order valence-electron chi connectivity index (χ4n) is 2.84. The minimum atomic E-state index is 0.595. The fraction of sp³-hybridized carbons (Fsp3) is 0.565. The van der Waals surface area contributed by atoms with Gasteiger partial charge in [0.2, 0.25) is 0 Å². The number of ether oxygens (including phenoxy) is 2. The summed E-state index contributed by atoms with van der Waals surface area (Å²) in [5.41, 5.74) is 1.12. The molecule has 0 unspecified atom stereocenters. The summed E-state index contributed by atoms with van der Waals surface area (Å²) in [6.45, 7) is 9.60. The van der Waals surface area contributed by atoms with E-state index in [1.165, 1.54) is 4.88 Å². The van der Waals surface area contributed by atoms with Gasteiger partial charge >= 0.3 is 0 Å². The van der Waals surface area contributed by atoms with E-state index in [2.05, 4.69) is 53.5 Å². The van der Waals surface area contributed by atoms with Gasteiger partial charge in [0.05, 0.1) is 18.2 Å². The van der Waals surface area contributed by atoms with Crippen molar-refractivity contribution in [1.82, 2.24) is 20.5 Å². The van der Waals surface area contributed by atoms with Crippen LogP contribution in [-0.2, 0) is 24.1 Å². The number of aromatic nitrogens is 1. The molecule has 0 radical (unpaired) electrons. The van der Waals surface area contributed by atoms with Crippen LogP contribution in [0.15, 0.2) is 35.5 Å². The van der Waals surface area contributed by atoms with E-state index in [9.17, 15) is 0 Å². The van der Waals surface area contributed by atoms with E-state index < -0.39 is 0 Å². The first-order valence-electron chi connectivity index (χ1n) is 11.0. The molecule has 0 aliphatic carbocycles. The zero-order valence-electron chi connectivity index (χ0n) is 19.3. The van der Waals surface area contributed by atoms with Gasteiger partial charge in [-0.2, -0.15) is 0 Å². The van der Waals surface area contributed by atoms with Gasteiger partial charge in [0, 0.05) is 50.8 Å². The Bertz CT molecular complexity index is 781. The number of guanidine groups is 1. The smallest absolute Gasteiger partial charge is 0.191 e. The molecule has 8 heteroatoms. The highest BCUT2D eigenvalue weighted by atomic mass is 32.1. The maximum absolute atomic E-state index is 5.91. The lowest BCUT2D eigenvalue weighted by atomic mass is 10.2. The van der Waals surface area contributed by atoms with Crippen LogP contribution in [0, 0.1) is 0 Å². The van der Waals surface area contributed by atoms with E-state index in [0.29, 0.717) is 13.2 Å². The van der Waals surface area contributed by atoms with Crippen LogP contribution in [0.25, 0.3) is 0 Å². The van der Waals surface area contributed by atoms with Crippen LogP contribution in [0.4, 0.5) is 0 Å². The van der Waals surface area contributed by atoms with Gasteiger partial charge in [-0.1, -0.05) is 19.1 Å². The summed E-state index contributed by atoms with van der Waals surface area (Å²) in [4.78, 5) is 12.7. The van der Waals surface area contributed by atoms with E-state index in [-0.39, 0.29) is 0 Å². The van der Waals surface area contributed by atoms with Crippen LogP contribution < -0.4 is 15.4 Å². The van der Waals surface area contributed by atoms with Crippen molar-refractivity contribution >= 4 is 17.3 Å². The molecule has 1 heterocycles. The average molecular weight is 448 g/mol. The van der Waals surface area contributed by atoms with Crippen molar-refractivity contribution in [1.29, 1.82) is 0 Å². The third kappa shape index (κ3) is 10.1. The van der Waals surface area contributed by atoms with Crippen LogP contribution in [0.5, 0.6) is 5.75 Å². The van der Waals surface area contributed by atoms with Crippen LogP contribution in [0.2, 0.25) is 0 Å². The monoisotopic (exact) mass is 447 g/mol. The normalized spacial score (nSPS) is 11.7. The Kier molecular flexibility index (Phi) is 12.0. The number of aliphatic imine (C=N–C) groups is 1. The molecule has 7 nitrogen and oxygen atoms in total. The number of nitrogens with zero attached hydrogens (tertiary/aromatic N) is 3. The van der Waals surface area contributed by atoms with Crippen molar-refractivity contribution in [3.05, 3.63) is 45.9 Å². The summed E-state index contributed by atoms with van der Waals surface area (Å²) >= 11 is 1.79. The van der Waals surface area contributed by atoms with Gasteiger partial charge in [-0.05, 0) is 38.1 Å². The Morgan fingerprint density at radius 2 is 2.03 bits per heavy atom. The van der Waals surface area contributed by atoms with Crippen molar-refractivity contribution in [3.8, 4) is 5.75 Å². The summed E-state index contributed by atoms with van der Waals surface area (Å²) in [7, 11) is 3.79. The number of aryl methyl sites for hydroxylation is 1. The van der Waals surface area contributed by atoms with Gasteiger partial charge in [-0.25, -0.2) is 9.98 Å². The van der Waals surface area contributed by atoms with Gasteiger partial charge in [-0.15, -0.1) is 11.3 Å². The third-order valence-corrected chi connectivity index (χ3v) is 5.86. The lowest BCUT2D eigenvalue weighted by Crippen LogP contribution is -2.38. The average Bonchev–Trinajstić information content (AvgIpc) is 3.24. The molecule has 1 aromatic heterocycles. The van der Waals surface area contributed by atoms with Crippen molar-refractivity contribution in [2.45, 2.75) is 33.2 Å². The number of hydrogen-bond acceptors (Lipinski definition) is 6. The Labute approximate surface area is 190 Å². The number of benzene rings is 1. The molecule has 1 aromatic carbocycles. The number of hydrogen-bond donors (Lipinski definition) is 2. The molecule has 172 valence electrons. The molecular weight excluding hydrogens is 410 g/mol. The summed E-state index contributed by atoms with van der Waals surface area (Å²) < 4.78 is 11.0. The molecule has 0 spiro atoms. The van der Waals surface area contributed by atoms with Gasteiger partial charge in [0.1, 0.15) is 12.4 Å². The maximum Gasteiger partial charge on any atom is 0.191 e. The largest absolute Gasteiger partial charge is 0.492 e. The summed E-state index contributed by atoms with van der Waals surface area (Å²) in [6.07, 6.45) is 3.92. The van der Waals surface area contributed by atoms with Crippen molar-refractivity contribution in [2.75, 3.05) is 53.6 Å². The maximum atomic E-state index is 5.91. The molecule has 0 atom stereocenters. The molecule has 31 heavy (non-hydrogen) atoms. The molecule has 0 saturated carbocycles. The number of rotatable bonds is 14. The van der Waals surface area contributed by atoms with E-state index in [1.54, 1.807) is 18.4 Å². The second-order valence-corrected chi connectivity index (χ2v) is 8.44. The highest BCUT2D eigenvalue weighted by Crippen LogP contribution is 2.15. The summed E-state index contributed by atoms with van der Waals surface area (Å²) in [6, 6.07) is 8.14. The number of thiazole rings is 1. The first-order chi connectivity index (χ1) is 15.1. The Morgan fingerprint density at radius 3 is 2.77 bits per heavy atom. The molecule has 2 aromatic rings. The molecule has 2 N–H and O–H groups in total. The van der Waals surface area contributed by atoms with Gasteiger partial charge in [0.25, 0.3) is 0 Å². The molecule has 0 amide bonds. The molecule has 2 rings (SSSR count). The first kappa shape index (κ1) is 25.1. The predicted octanol–water partition coefficient (Wildman–Crippen LogP) is 2.96. The molecule has 0 aliphatic heterocycles. The van der Waals surface area contributed by atoms with E-state index in [1.807, 2.05) is 18.3 Å². The first-order valence-corrected chi connectivity index (χ1v) is 11.8. The molecule has 0 fully saturated rings. The Hall–Kier alpha value is -2.16. The van der Waals surface area contributed by atoms with Gasteiger partial charge in [-0.3, -0.25) is 0 Å². The Balaban J connectivity index is 1.80. The second-order valence-electron chi connectivity index (χ2n) is 7.24. The standard InChI is InChI=1S/C23H37N5O2S/c1-5-21-18-26-22(31-21)10-11-25-23(24-6-2)27-17-19-8-7-9-20(16-19)30-15-13-28(3)12-14-29-4/h7-9,16,18H,5-6,10-15,17H2,1-4H3,(H2,24,25,27). The van der Waals surface area contributed by atoms with Crippen LogP contribution in [-0.4, -0.2) is 69.4 Å². The van der Waals surface area contributed by atoms with E-state index in [4.69, 9.17) is 14.5 Å². The van der Waals surface area contributed by atoms with Crippen molar-refractivity contribution in [3.63, 3.8) is 0 Å². The van der Waals surface area contributed by atoms with E-state index in [0.717, 1.165) is 67.9 Å². The molecule has 0 saturated heterocycles. The van der Waals surface area contributed by atoms with Gasteiger partial charge in [0.15, 0.2) is 5.96 Å². The summed E-state index contributed by atoms with van der Waals surface area (Å²) in [5, 5.41) is 7.88. The van der Waals surface area contributed by atoms with Gasteiger partial charge < -0.3 is 25.0 Å². The number of methoxy groups -OCH3 is 1. The minimum Gasteiger partial charge on any atom is -0.492 e. The van der Waals surface area contributed by atoms with Crippen molar-refractivity contribution in [2.24, 2.45) is 4.99 Å². The van der Waals surface area contributed by atoms with Crippen LogP contribution in [0.1, 0.15) is 29.3 Å². The predicted molar refractivity (Wildman–Crippen MR) is 129 cm³/mol. The number of nitrogens with one attached hydrogen (secondary N) is 2. The zero-order valence-corrected chi connectivity index (χ0v) is 20.1. The fourth-order valence-corrected chi connectivity index (χ4v) is 3.70. The third-order valence-electron chi connectivity index (χ3n) is 4.66. The molecule has 0 bridgehead atoms. The SMILES string of the molecule is CCNC(=NCc1cccc(OCCN(C)CCOC)c1)NCCc1ncc(CC)s1. The van der Waals surface area contributed by atoms with E-state index >= 15 is 0 Å². The highest BCUT2D eigenvalue weighted by molar-refractivity contribution is 7.11. The molecular formula is C23H37N5O2S. The molecule has 0 aliphatic rings. The zero-order chi connectivity index (χ0) is 22.3. The van der Waals surface area contributed by atoms with Crippen LogP contribution >= 0.6 is 11.3 Å². The summed E-state index contributed by atoms with van der Waals surface area (Å²) in [5.74, 6) is 1.70. The highest BCUT2D eigenvalue weighted by Gasteiger charge is 2.03. The lowest BCUT2D eigenvalue weighted by Gasteiger charge is -2.16. The second kappa shape index (κ2) is 14.8. The van der Waals surface area contributed by atoms with Crippen LogP contribution in [0.3, 0.4) is 0 Å².